The van der Waals surface area contributed by atoms with Crippen LogP contribution in [0.25, 0.3) is 0 Å². The summed E-state index contributed by atoms with van der Waals surface area (Å²) >= 11 is 0. The quantitative estimate of drug-likeness (QED) is 0.0701. The number of carbonyl (C=O) groups is 3. The van der Waals surface area contributed by atoms with Gasteiger partial charge < -0.3 is 90.5 Å². The van der Waals surface area contributed by atoms with Gasteiger partial charge in [0.1, 0.15) is 67.1 Å². The van der Waals surface area contributed by atoms with Crippen LogP contribution in [0.3, 0.4) is 0 Å². The Balaban J connectivity index is 1.89. The molecule has 0 aromatic heterocycles. The molecule has 282 valence electrons. The van der Waals surface area contributed by atoms with Crippen LogP contribution in [-0.4, -0.2) is 191 Å². The van der Waals surface area contributed by atoms with Crippen LogP contribution in [0.4, 0.5) is 0 Å². The van der Waals surface area contributed by atoms with E-state index in [0.29, 0.717) is 6.42 Å². The summed E-state index contributed by atoms with van der Waals surface area (Å²) in [6, 6.07) is -1.55. The normalized spacial score (nSPS) is 40.9. The van der Waals surface area contributed by atoms with Crippen LogP contribution in [-0.2, 0) is 38.1 Å². The summed E-state index contributed by atoms with van der Waals surface area (Å²) in [5.74, 6) is -6.36. The Morgan fingerprint density at radius 1 is 0.939 bits per heavy atom. The van der Waals surface area contributed by atoms with E-state index in [1.807, 2.05) is 0 Å². The Bertz CT molecular complexity index is 1130. The predicted molar refractivity (Wildman–Crippen MR) is 155 cm³/mol. The van der Waals surface area contributed by atoms with Gasteiger partial charge in [0, 0.05) is 19.8 Å². The summed E-state index contributed by atoms with van der Waals surface area (Å²) in [5, 5.41) is 119. The zero-order valence-corrected chi connectivity index (χ0v) is 26.4. The smallest absolute Gasteiger partial charge is 0.364 e. The number of aliphatic hydroxyl groups is 10. The van der Waals surface area contributed by atoms with Gasteiger partial charge in [-0.1, -0.05) is 6.08 Å². The molecule has 0 aromatic rings. The maximum absolute atomic E-state index is 12.7. The molecule has 0 aromatic carbocycles. The molecule has 3 rings (SSSR count). The molecule has 0 unspecified atom stereocenters. The average molecular weight is 715 g/mol. The van der Waals surface area contributed by atoms with Crippen LogP contribution >= 0.6 is 0 Å². The van der Waals surface area contributed by atoms with E-state index >= 15 is 0 Å². The zero-order chi connectivity index (χ0) is 36.8. The molecular formula is C28H46N2O19. The largest absolute Gasteiger partial charge is 0.477 e. The molecule has 0 bridgehead atoms. The number of carboxylic acids is 1. The van der Waals surface area contributed by atoms with Gasteiger partial charge in [0.15, 0.2) is 12.5 Å². The number of carbonyl (C=O) groups excluding carboxylic acids is 2. The second-order valence-corrected chi connectivity index (χ2v) is 11.9. The minimum atomic E-state index is -3.04. The molecule has 3 aliphatic heterocycles. The Morgan fingerprint density at radius 2 is 1.59 bits per heavy atom. The number of amides is 2. The monoisotopic (exact) mass is 714 g/mol. The van der Waals surface area contributed by atoms with Crippen molar-refractivity contribution in [2.75, 3.05) is 19.8 Å². The fraction of sp³-hybridized carbons (Fsp3) is 0.821. The number of nitrogens with one attached hydrogen (secondary N) is 2. The van der Waals surface area contributed by atoms with Crippen molar-refractivity contribution in [3.05, 3.63) is 12.7 Å². The third kappa shape index (κ3) is 9.27. The van der Waals surface area contributed by atoms with Gasteiger partial charge in [-0.15, -0.1) is 6.58 Å². The first-order chi connectivity index (χ1) is 23.0. The fourth-order valence-electron chi connectivity index (χ4n) is 5.77. The molecule has 21 nitrogen and oxygen atoms in total. The summed E-state index contributed by atoms with van der Waals surface area (Å²) in [6.45, 7) is 1.62. The van der Waals surface area contributed by atoms with Crippen molar-refractivity contribution >= 4 is 17.8 Å². The third-order valence-electron chi connectivity index (χ3n) is 8.37. The van der Waals surface area contributed by atoms with Crippen LogP contribution in [0.5, 0.6) is 0 Å². The Morgan fingerprint density at radius 3 is 2.14 bits per heavy atom. The highest BCUT2D eigenvalue weighted by Gasteiger charge is 2.60. The van der Waals surface area contributed by atoms with Crippen LogP contribution in [0, 0.1) is 0 Å². The van der Waals surface area contributed by atoms with Crippen LogP contribution in [0.15, 0.2) is 12.7 Å². The van der Waals surface area contributed by atoms with Gasteiger partial charge in [-0.3, -0.25) is 9.59 Å². The zero-order valence-electron chi connectivity index (χ0n) is 26.4. The number of rotatable bonds is 15. The summed E-state index contributed by atoms with van der Waals surface area (Å²) in [4.78, 5) is 36.6. The number of allylic oxidation sites excluding steroid dienone is 1. The molecular weight excluding hydrogens is 668 g/mol. The van der Waals surface area contributed by atoms with Crippen molar-refractivity contribution in [2.24, 2.45) is 0 Å². The fourth-order valence-corrected chi connectivity index (χ4v) is 5.77. The molecule has 3 saturated heterocycles. The minimum absolute atomic E-state index is 0.0293. The molecule has 3 heterocycles. The first-order valence-corrected chi connectivity index (χ1v) is 15.4. The van der Waals surface area contributed by atoms with E-state index in [1.165, 1.54) is 6.08 Å². The molecule has 0 aliphatic carbocycles. The molecule has 3 fully saturated rings. The van der Waals surface area contributed by atoms with Crippen molar-refractivity contribution in [3.8, 4) is 0 Å². The molecule has 0 saturated carbocycles. The molecule has 49 heavy (non-hydrogen) atoms. The van der Waals surface area contributed by atoms with Gasteiger partial charge in [-0.2, -0.15) is 0 Å². The highest BCUT2D eigenvalue weighted by Crippen LogP contribution is 2.38. The molecule has 21 heteroatoms. The van der Waals surface area contributed by atoms with Crippen molar-refractivity contribution in [3.63, 3.8) is 0 Å². The SMILES string of the molecule is C=CCCC(=O)N[C@@H]1O[C@H](CO)[C@@H](O[C@@H]2O[C@H](CO)[C@H](O)[C@H](O[C@]3(C(=O)O)C[C@H](O)[C@@H](NC(C)=O)[C@H]([C@H](O)[C@H](O)CO)O3)[C@H]2O)[C@H](O)[C@H]1O. The van der Waals surface area contributed by atoms with Gasteiger partial charge in [-0.05, 0) is 6.42 Å². The summed E-state index contributed by atoms with van der Waals surface area (Å²) in [7, 11) is 0. The topological polar surface area (TPSA) is 344 Å². The summed E-state index contributed by atoms with van der Waals surface area (Å²) in [5.41, 5.74) is 0. The van der Waals surface area contributed by atoms with Crippen molar-refractivity contribution in [1.82, 2.24) is 10.6 Å². The van der Waals surface area contributed by atoms with Gasteiger partial charge >= 0.3 is 5.97 Å². The second kappa shape index (κ2) is 17.7. The van der Waals surface area contributed by atoms with Gasteiger partial charge in [0.25, 0.3) is 5.79 Å². The molecule has 16 atom stereocenters. The van der Waals surface area contributed by atoms with E-state index in [0.717, 1.165) is 6.92 Å². The number of aliphatic carboxylic acids is 1. The number of aliphatic hydroxyl groups excluding tert-OH is 10. The van der Waals surface area contributed by atoms with Crippen molar-refractivity contribution < 1.29 is 94.2 Å². The lowest BCUT2D eigenvalue weighted by molar-refractivity contribution is -0.381. The maximum Gasteiger partial charge on any atom is 0.364 e. The van der Waals surface area contributed by atoms with Gasteiger partial charge in [-0.25, -0.2) is 4.79 Å². The van der Waals surface area contributed by atoms with E-state index < -0.39 is 142 Å². The van der Waals surface area contributed by atoms with Crippen molar-refractivity contribution in [1.29, 1.82) is 0 Å². The first-order valence-electron chi connectivity index (χ1n) is 15.4. The summed E-state index contributed by atoms with van der Waals surface area (Å²) in [6.07, 6.45) is -25.8. The van der Waals surface area contributed by atoms with Crippen LogP contribution in [0.2, 0.25) is 0 Å². The predicted octanol–water partition coefficient (Wildman–Crippen LogP) is -7.13. The van der Waals surface area contributed by atoms with Crippen LogP contribution in [0.1, 0.15) is 26.2 Å². The number of carboxylic acid groups (broad SMARTS) is 1. The first kappa shape index (κ1) is 41.0. The molecule has 0 spiro atoms. The maximum atomic E-state index is 12.7. The van der Waals surface area contributed by atoms with E-state index in [2.05, 4.69) is 17.2 Å². The highest BCUT2D eigenvalue weighted by atomic mass is 16.8. The standard InChI is InChI=1S/C28H46N2O19/c1-3-4-5-15(37)30-25-20(41)19(40)22(14(9-33)45-25)47-26-21(42)24(18(39)13(8-32)46-26)49-28(27(43)44)6-11(35)16(29-10(2)34)23(48-28)17(38)12(36)7-31/h3,11-14,16-26,31-33,35-36,38-42H,1,4-9H2,2H3,(H,29,34)(H,30,37)(H,43,44)/t11-,12+,13+,14+,16+,17+,18-,19+,20+,21+,22+,23+,24-,25+,26-,28-/m0/s1. The van der Waals surface area contributed by atoms with E-state index in [1.54, 1.807) is 0 Å². The van der Waals surface area contributed by atoms with E-state index in [4.69, 9.17) is 23.7 Å². The third-order valence-corrected chi connectivity index (χ3v) is 8.37. The molecule has 13 N–H and O–H groups in total. The van der Waals surface area contributed by atoms with E-state index in [-0.39, 0.29) is 6.42 Å². The Kier molecular flexibility index (Phi) is 14.8. The molecule has 3 aliphatic rings. The number of hydrogen-bond donors (Lipinski definition) is 13. The lowest BCUT2D eigenvalue weighted by atomic mass is 9.88. The van der Waals surface area contributed by atoms with Crippen LogP contribution < -0.4 is 10.6 Å². The lowest BCUT2D eigenvalue weighted by Crippen LogP contribution is -2.71. The van der Waals surface area contributed by atoms with Gasteiger partial charge in [0.05, 0.1) is 32.0 Å². The minimum Gasteiger partial charge on any atom is -0.477 e. The van der Waals surface area contributed by atoms with E-state index in [9.17, 15) is 70.6 Å². The Labute approximate surface area is 279 Å². The molecule has 2 amide bonds. The van der Waals surface area contributed by atoms with Gasteiger partial charge in [0.2, 0.25) is 11.8 Å². The van der Waals surface area contributed by atoms with Crippen molar-refractivity contribution in [2.45, 2.75) is 124 Å². The number of ether oxygens (including phenoxy) is 5. The lowest BCUT2D eigenvalue weighted by Gasteiger charge is -2.50. The molecule has 0 radical (unpaired) electrons. The highest BCUT2D eigenvalue weighted by molar-refractivity contribution is 5.77. The average Bonchev–Trinajstić information content (AvgIpc) is 3.06. The summed E-state index contributed by atoms with van der Waals surface area (Å²) < 4.78 is 27.7. The second-order valence-electron chi connectivity index (χ2n) is 11.9. The Hall–Kier alpha value is -2.45. The number of hydrogen-bond acceptors (Lipinski definition) is 18.